The van der Waals surface area contributed by atoms with Gasteiger partial charge in [0.15, 0.2) is 0 Å². The number of pyridine rings is 1. The van der Waals surface area contributed by atoms with E-state index in [0.29, 0.717) is 35.0 Å². The number of fused-ring (bicyclic) bond motifs is 1. The molecular formula is C18H25N5O3S. The molecule has 9 heteroatoms. The number of carbonyl (C=O) groups excluding carboxylic acids is 2. The maximum atomic E-state index is 12.4. The summed E-state index contributed by atoms with van der Waals surface area (Å²) in [6.45, 7) is 8.16. The minimum atomic E-state index is -0.548. The lowest BCUT2D eigenvalue weighted by atomic mass is 10.2. The maximum Gasteiger partial charge on any atom is 0.410 e. The van der Waals surface area contributed by atoms with Crippen molar-refractivity contribution in [3.05, 3.63) is 17.1 Å². The van der Waals surface area contributed by atoms with E-state index < -0.39 is 11.5 Å². The highest BCUT2D eigenvalue weighted by atomic mass is 32.1. The van der Waals surface area contributed by atoms with Gasteiger partial charge in [0.2, 0.25) is 0 Å². The summed E-state index contributed by atoms with van der Waals surface area (Å²) in [5, 5.41) is 0.752. The van der Waals surface area contributed by atoms with Crippen LogP contribution in [0.15, 0.2) is 12.3 Å². The number of nitrogens with two attached hydrogens (primary N) is 2. The molecule has 0 radical (unpaired) electrons. The Morgan fingerprint density at radius 1 is 1.22 bits per heavy atom. The van der Waals surface area contributed by atoms with Crippen molar-refractivity contribution in [1.82, 2.24) is 9.88 Å². The number of amides is 2. The number of rotatable bonds is 2. The standard InChI is InChI=1S/C18H25N5O3S/c1-18(2,3)26-17(25)23-8-4-7-22(9-10-23)11-5-6-21-16-12(11)13(19)14(27-16)15(20)24/h5-6H,4,7-10,19H2,1-3H3,(H2,20,24). The van der Waals surface area contributed by atoms with Gasteiger partial charge >= 0.3 is 6.09 Å². The predicted octanol–water partition coefficient (Wildman–Crippen LogP) is 2.42. The molecule has 1 aliphatic heterocycles. The minimum Gasteiger partial charge on any atom is -0.444 e. The first kappa shape index (κ1) is 19.2. The van der Waals surface area contributed by atoms with E-state index in [9.17, 15) is 9.59 Å². The number of hydrogen-bond donors (Lipinski definition) is 2. The Morgan fingerprint density at radius 3 is 2.63 bits per heavy atom. The zero-order chi connectivity index (χ0) is 19.8. The van der Waals surface area contributed by atoms with Gasteiger partial charge in [0.25, 0.3) is 5.91 Å². The molecule has 146 valence electrons. The van der Waals surface area contributed by atoms with Gasteiger partial charge in [-0.05, 0) is 33.3 Å². The Balaban J connectivity index is 1.84. The van der Waals surface area contributed by atoms with Crippen LogP contribution in [-0.2, 0) is 4.74 Å². The molecule has 0 atom stereocenters. The molecule has 1 fully saturated rings. The molecule has 0 saturated carbocycles. The number of hydrogen-bond acceptors (Lipinski definition) is 7. The highest BCUT2D eigenvalue weighted by Gasteiger charge is 2.26. The summed E-state index contributed by atoms with van der Waals surface area (Å²) >= 11 is 1.21. The molecule has 2 amide bonds. The van der Waals surface area contributed by atoms with Gasteiger partial charge in [-0.15, -0.1) is 11.3 Å². The van der Waals surface area contributed by atoms with Gasteiger partial charge in [0.05, 0.1) is 16.8 Å². The normalized spacial score (nSPS) is 15.7. The van der Waals surface area contributed by atoms with E-state index in [-0.39, 0.29) is 6.09 Å². The Kier molecular flexibility index (Phi) is 5.14. The van der Waals surface area contributed by atoms with Gasteiger partial charge in [-0.2, -0.15) is 0 Å². The van der Waals surface area contributed by atoms with E-state index in [0.717, 1.165) is 24.0 Å². The third kappa shape index (κ3) is 4.08. The second-order valence-corrected chi connectivity index (χ2v) is 8.53. The van der Waals surface area contributed by atoms with E-state index in [1.807, 2.05) is 26.8 Å². The third-order valence-electron chi connectivity index (χ3n) is 4.32. The molecule has 3 rings (SSSR count). The SMILES string of the molecule is CC(C)(C)OC(=O)N1CCCN(c2ccnc3sc(C(N)=O)c(N)c23)CC1. The first-order valence-electron chi connectivity index (χ1n) is 8.87. The lowest BCUT2D eigenvalue weighted by Gasteiger charge is -2.27. The number of nitrogens with zero attached hydrogens (tertiary/aromatic N) is 3. The van der Waals surface area contributed by atoms with E-state index in [2.05, 4.69) is 9.88 Å². The highest BCUT2D eigenvalue weighted by molar-refractivity contribution is 7.21. The van der Waals surface area contributed by atoms with Crippen LogP contribution in [0.25, 0.3) is 10.2 Å². The Morgan fingerprint density at radius 2 is 1.96 bits per heavy atom. The topological polar surface area (TPSA) is 115 Å². The number of primary amides is 1. The zero-order valence-electron chi connectivity index (χ0n) is 15.8. The van der Waals surface area contributed by atoms with Crippen molar-refractivity contribution in [3.8, 4) is 0 Å². The highest BCUT2D eigenvalue weighted by Crippen LogP contribution is 2.38. The second kappa shape index (κ2) is 7.22. The summed E-state index contributed by atoms with van der Waals surface area (Å²) in [7, 11) is 0. The largest absolute Gasteiger partial charge is 0.444 e. The van der Waals surface area contributed by atoms with Crippen LogP contribution in [0, 0.1) is 0 Å². The quantitative estimate of drug-likeness (QED) is 0.812. The van der Waals surface area contributed by atoms with Gasteiger partial charge < -0.3 is 26.0 Å². The average Bonchev–Trinajstić information content (AvgIpc) is 2.77. The lowest BCUT2D eigenvalue weighted by molar-refractivity contribution is 0.0263. The summed E-state index contributed by atoms with van der Waals surface area (Å²) in [4.78, 5) is 33.2. The van der Waals surface area contributed by atoms with Gasteiger partial charge in [-0.25, -0.2) is 9.78 Å². The van der Waals surface area contributed by atoms with Crippen LogP contribution in [0.1, 0.15) is 36.9 Å². The minimum absolute atomic E-state index is 0.296. The number of aromatic nitrogens is 1. The second-order valence-electron chi connectivity index (χ2n) is 7.53. The molecule has 4 N–H and O–H groups in total. The predicted molar refractivity (Wildman–Crippen MR) is 107 cm³/mol. The summed E-state index contributed by atoms with van der Waals surface area (Å²) in [6.07, 6.45) is 2.21. The van der Waals surface area contributed by atoms with Crippen molar-refractivity contribution >= 4 is 44.9 Å². The number of ether oxygens (including phenoxy) is 1. The molecule has 8 nitrogen and oxygen atoms in total. The van der Waals surface area contributed by atoms with Crippen molar-refractivity contribution in [2.45, 2.75) is 32.8 Å². The lowest BCUT2D eigenvalue weighted by Crippen LogP contribution is -2.39. The van der Waals surface area contributed by atoms with Crippen LogP contribution in [0.5, 0.6) is 0 Å². The first-order valence-corrected chi connectivity index (χ1v) is 9.68. The van der Waals surface area contributed by atoms with Crippen LogP contribution < -0.4 is 16.4 Å². The van der Waals surface area contributed by atoms with Crippen molar-refractivity contribution in [2.24, 2.45) is 5.73 Å². The van der Waals surface area contributed by atoms with Crippen LogP contribution in [0.4, 0.5) is 16.2 Å². The molecule has 2 aromatic rings. The van der Waals surface area contributed by atoms with Crippen molar-refractivity contribution in [2.75, 3.05) is 36.8 Å². The van der Waals surface area contributed by atoms with E-state index in [1.54, 1.807) is 11.1 Å². The number of carbonyl (C=O) groups is 2. The summed E-state index contributed by atoms with van der Waals surface area (Å²) < 4.78 is 5.48. The van der Waals surface area contributed by atoms with Crippen molar-refractivity contribution < 1.29 is 14.3 Å². The Bertz CT molecular complexity index is 874. The Labute approximate surface area is 162 Å². The summed E-state index contributed by atoms with van der Waals surface area (Å²) in [5.41, 5.74) is 12.4. The summed E-state index contributed by atoms with van der Waals surface area (Å²) in [5.74, 6) is -0.548. The number of thiophene rings is 1. The molecule has 1 aliphatic rings. The molecule has 0 aliphatic carbocycles. The zero-order valence-corrected chi connectivity index (χ0v) is 16.6. The maximum absolute atomic E-state index is 12.4. The number of nitrogen functional groups attached to an aromatic ring is 1. The number of anilines is 2. The molecule has 2 aromatic heterocycles. The van der Waals surface area contributed by atoms with E-state index >= 15 is 0 Å². The van der Waals surface area contributed by atoms with Crippen LogP contribution in [0.3, 0.4) is 0 Å². The van der Waals surface area contributed by atoms with Crippen molar-refractivity contribution in [1.29, 1.82) is 0 Å². The molecule has 0 unspecified atom stereocenters. The van der Waals surface area contributed by atoms with E-state index in [4.69, 9.17) is 16.2 Å². The molecule has 27 heavy (non-hydrogen) atoms. The van der Waals surface area contributed by atoms with Crippen LogP contribution >= 0.6 is 11.3 Å². The first-order chi connectivity index (χ1) is 12.7. The fourth-order valence-electron chi connectivity index (χ4n) is 3.14. The van der Waals surface area contributed by atoms with Gasteiger partial charge in [0, 0.05) is 32.4 Å². The van der Waals surface area contributed by atoms with E-state index in [1.165, 1.54) is 11.3 Å². The molecule has 0 bridgehead atoms. The third-order valence-corrected chi connectivity index (χ3v) is 5.45. The summed E-state index contributed by atoms with van der Waals surface area (Å²) in [6, 6.07) is 1.89. The molecule has 0 spiro atoms. The fraction of sp³-hybridized carbons (Fsp3) is 0.500. The molecule has 0 aromatic carbocycles. The van der Waals surface area contributed by atoms with Crippen LogP contribution in [-0.4, -0.2) is 53.7 Å². The smallest absolute Gasteiger partial charge is 0.410 e. The molecule has 1 saturated heterocycles. The van der Waals surface area contributed by atoms with Gasteiger partial charge in [0.1, 0.15) is 15.3 Å². The fourth-order valence-corrected chi connectivity index (χ4v) is 4.08. The average molecular weight is 391 g/mol. The molecular weight excluding hydrogens is 366 g/mol. The van der Waals surface area contributed by atoms with Crippen LogP contribution in [0.2, 0.25) is 0 Å². The Hall–Kier alpha value is -2.55. The van der Waals surface area contributed by atoms with Crippen molar-refractivity contribution in [3.63, 3.8) is 0 Å². The monoisotopic (exact) mass is 391 g/mol. The molecule has 3 heterocycles. The van der Waals surface area contributed by atoms with Gasteiger partial charge in [-0.1, -0.05) is 0 Å². The van der Waals surface area contributed by atoms with Gasteiger partial charge in [-0.3, -0.25) is 4.79 Å².